The molecule has 1 aliphatic carbocycles. The molecule has 0 aliphatic heterocycles. The number of carbonyl (C=O) groups is 1. The number of unbranched alkanes of at least 4 members (excludes halogenated alkanes) is 1. The predicted molar refractivity (Wildman–Crippen MR) is 98.3 cm³/mol. The van der Waals surface area contributed by atoms with E-state index in [9.17, 15) is 9.90 Å². The molecule has 0 saturated heterocycles. The van der Waals surface area contributed by atoms with Crippen molar-refractivity contribution in [3.05, 3.63) is 59.7 Å². The van der Waals surface area contributed by atoms with Crippen molar-refractivity contribution in [1.29, 1.82) is 0 Å². The number of ether oxygens (including phenoxy) is 1. The second-order valence-corrected chi connectivity index (χ2v) is 6.71. The second kappa shape index (κ2) is 6.98. The van der Waals surface area contributed by atoms with Crippen LogP contribution < -0.4 is 5.73 Å². The summed E-state index contributed by atoms with van der Waals surface area (Å²) in [7, 11) is 0. The van der Waals surface area contributed by atoms with Gasteiger partial charge in [-0.2, -0.15) is 0 Å². The first-order valence-electron chi connectivity index (χ1n) is 8.87. The van der Waals surface area contributed by atoms with E-state index in [1.165, 1.54) is 0 Å². The predicted octanol–water partition coefficient (Wildman–Crippen LogP) is 3.92. The summed E-state index contributed by atoms with van der Waals surface area (Å²) in [5.74, 6) is -1.04. The molecule has 0 amide bonds. The molecule has 2 atom stereocenters. The molecule has 4 nitrogen and oxygen atoms in total. The van der Waals surface area contributed by atoms with Gasteiger partial charge in [0.25, 0.3) is 0 Å². The summed E-state index contributed by atoms with van der Waals surface area (Å²) in [5, 5.41) is 9.27. The first kappa shape index (κ1) is 17.6. The van der Waals surface area contributed by atoms with Gasteiger partial charge in [-0.25, -0.2) is 0 Å². The molecule has 132 valence electrons. The van der Waals surface area contributed by atoms with Crippen LogP contribution in [0.4, 0.5) is 0 Å². The van der Waals surface area contributed by atoms with Gasteiger partial charge in [0.1, 0.15) is 11.6 Å². The summed E-state index contributed by atoms with van der Waals surface area (Å²) in [5.41, 5.74) is 9.72. The Bertz CT molecular complexity index is 726. The van der Waals surface area contributed by atoms with Crippen molar-refractivity contribution >= 4 is 5.97 Å². The molecule has 1 aliphatic rings. The number of hydrogen-bond donors (Lipinski definition) is 2. The minimum absolute atomic E-state index is 0.603. The van der Waals surface area contributed by atoms with E-state index in [0.29, 0.717) is 0 Å². The number of rotatable bonds is 7. The highest BCUT2D eigenvalue weighted by atomic mass is 16.5. The monoisotopic (exact) mass is 339 g/mol. The Balaban J connectivity index is 2.13. The largest absolute Gasteiger partial charge is 0.480 e. The average Bonchev–Trinajstić information content (AvgIpc) is 2.90. The third kappa shape index (κ3) is 2.96. The zero-order valence-electron chi connectivity index (χ0n) is 14.7. The summed E-state index contributed by atoms with van der Waals surface area (Å²) in [6.45, 7) is 3.89. The average molecular weight is 339 g/mol. The molecule has 3 N–H and O–H groups in total. The van der Waals surface area contributed by atoms with Crippen molar-refractivity contribution in [3.63, 3.8) is 0 Å². The third-order valence-electron chi connectivity index (χ3n) is 5.07. The zero-order valence-corrected chi connectivity index (χ0v) is 14.7. The van der Waals surface area contributed by atoms with Crippen molar-refractivity contribution < 1.29 is 14.6 Å². The maximum atomic E-state index is 11.3. The SMILES string of the molecule is CCCCC1(O[C@H](C)[C@H](N)C(=O)O)c2ccccc2-c2ccccc21. The van der Waals surface area contributed by atoms with Gasteiger partial charge in [0.15, 0.2) is 0 Å². The van der Waals surface area contributed by atoms with Crippen molar-refractivity contribution in [2.75, 3.05) is 0 Å². The molecular formula is C21H25NO3. The molecule has 0 saturated carbocycles. The Morgan fingerprint density at radius 1 is 1.12 bits per heavy atom. The Morgan fingerprint density at radius 3 is 2.12 bits per heavy atom. The fourth-order valence-electron chi connectivity index (χ4n) is 3.76. The van der Waals surface area contributed by atoms with Crippen LogP contribution >= 0.6 is 0 Å². The first-order chi connectivity index (χ1) is 12.0. The highest BCUT2D eigenvalue weighted by Crippen LogP contribution is 2.52. The fourth-order valence-corrected chi connectivity index (χ4v) is 3.76. The molecule has 4 heteroatoms. The molecule has 25 heavy (non-hydrogen) atoms. The van der Waals surface area contributed by atoms with Gasteiger partial charge in [-0.1, -0.05) is 68.3 Å². The van der Waals surface area contributed by atoms with Crippen LogP contribution in [0.1, 0.15) is 44.2 Å². The van der Waals surface area contributed by atoms with Gasteiger partial charge in [0, 0.05) is 0 Å². The lowest BCUT2D eigenvalue weighted by molar-refractivity contribution is -0.146. The van der Waals surface area contributed by atoms with Crippen LogP contribution in [0.15, 0.2) is 48.5 Å². The Hall–Kier alpha value is -2.17. The molecule has 0 radical (unpaired) electrons. The normalized spacial score (nSPS) is 16.8. The molecule has 0 aromatic heterocycles. The summed E-state index contributed by atoms with van der Waals surface area (Å²) in [6, 6.07) is 15.4. The molecular weight excluding hydrogens is 314 g/mol. The fraction of sp³-hybridized carbons (Fsp3) is 0.381. The number of carboxylic acid groups (broad SMARTS) is 1. The summed E-state index contributed by atoms with van der Waals surface area (Å²) >= 11 is 0. The molecule has 3 rings (SSSR count). The molecule has 2 aromatic carbocycles. The lowest BCUT2D eigenvalue weighted by Crippen LogP contribution is -2.46. The molecule has 0 bridgehead atoms. The van der Waals surface area contributed by atoms with Crippen LogP contribution in [0.5, 0.6) is 0 Å². The maximum Gasteiger partial charge on any atom is 0.323 e. The second-order valence-electron chi connectivity index (χ2n) is 6.71. The van der Waals surface area contributed by atoms with Crippen molar-refractivity contribution in [3.8, 4) is 11.1 Å². The van der Waals surface area contributed by atoms with Crippen LogP contribution in [0, 0.1) is 0 Å². The Morgan fingerprint density at radius 2 is 1.64 bits per heavy atom. The summed E-state index contributed by atoms with van der Waals surface area (Å²) in [4.78, 5) is 11.3. The van der Waals surface area contributed by atoms with E-state index in [4.69, 9.17) is 10.5 Å². The van der Waals surface area contributed by atoms with Crippen molar-refractivity contribution in [2.24, 2.45) is 5.73 Å². The lowest BCUT2D eigenvalue weighted by atomic mass is 9.85. The Kier molecular flexibility index (Phi) is 4.93. The van der Waals surface area contributed by atoms with E-state index >= 15 is 0 Å². The summed E-state index contributed by atoms with van der Waals surface area (Å²) < 4.78 is 6.47. The highest BCUT2D eigenvalue weighted by Gasteiger charge is 2.45. The minimum Gasteiger partial charge on any atom is -0.480 e. The van der Waals surface area contributed by atoms with Gasteiger partial charge >= 0.3 is 5.97 Å². The van der Waals surface area contributed by atoms with E-state index < -0.39 is 23.7 Å². The van der Waals surface area contributed by atoms with E-state index in [-0.39, 0.29) is 0 Å². The molecule has 0 spiro atoms. The Labute approximate surface area is 148 Å². The van der Waals surface area contributed by atoms with Crippen LogP contribution in [0.25, 0.3) is 11.1 Å². The third-order valence-corrected chi connectivity index (χ3v) is 5.07. The molecule has 2 aromatic rings. The van der Waals surface area contributed by atoms with Crippen LogP contribution in [0.2, 0.25) is 0 Å². The van der Waals surface area contributed by atoms with E-state index in [1.807, 2.05) is 24.3 Å². The van der Waals surface area contributed by atoms with Crippen molar-refractivity contribution in [2.45, 2.75) is 50.9 Å². The number of aliphatic carboxylic acids is 1. The minimum atomic E-state index is -1.06. The highest BCUT2D eigenvalue weighted by molar-refractivity contribution is 5.80. The number of fused-ring (bicyclic) bond motifs is 3. The van der Waals surface area contributed by atoms with Gasteiger partial charge in [-0.3, -0.25) is 4.79 Å². The topological polar surface area (TPSA) is 72.5 Å². The van der Waals surface area contributed by atoms with Gasteiger partial charge < -0.3 is 15.6 Å². The molecule has 0 unspecified atom stereocenters. The number of benzene rings is 2. The van der Waals surface area contributed by atoms with E-state index in [1.54, 1.807) is 6.92 Å². The smallest absolute Gasteiger partial charge is 0.323 e. The van der Waals surface area contributed by atoms with Crippen LogP contribution in [0.3, 0.4) is 0 Å². The van der Waals surface area contributed by atoms with Crippen LogP contribution in [-0.2, 0) is 15.1 Å². The van der Waals surface area contributed by atoms with Crippen LogP contribution in [-0.4, -0.2) is 23.2 Å². The van der Waals surface area contributed by atoms with Gasteiger partial charge in [-0.15, -0.1) is 0 Å². The van der Waals surface area contributed by atoms with Gasteiger partial charge in [-0.05, 0) is 35.6 Å². The van der Waals surface area contributed by atoms with Gasteiger partial charge in [0.05, 0.1) is 6.10 Å². The molecule has 0 heterocycles. The summed E-state index contributed by atoms with van der Waals surface area (Å²) in [6.07, 6.45) is 2.22. The van der Waals surface area contributed by atoms with E-state index in [0.717, 1.165) is 41.5 Å². The molecule has 0 fully saturated rings. The number of carboxylic acids is 1. The van der Waals surface area contributed by atoms with E-state index in [2.05, 4.69) is 31.2 Å². The first-order valence-corrected chi connectivity index (χ1v) is 8.87. The van der Waals surface area contributed by atoms with Crippen molar-refractivity contribution in [1.82, 2.24) is 0 Å². The lowest BCUT2D eigenvalue weighted by Gasteiger charge is -2.36. The number of nitrogens with two attached hydrogens (primary N) is 1. The zero-order chi connectivity index (χ0) is 18.0. The quantitative estimate of drug-likeness (QED) is 0.802. The number of hydrogen-bond acceptors (Lipinski definition) is 3. The standard InChI is InChI=1S/C21H25NO3/c1-3-4-13-21(25-14(2)19(22)20(23)24)17-11-7-5-9-15(17)16-10-6-8-12-18(16)21/h5-12,14,19H,3-4,13,22H2,1-2H3,(H,23,24)/t14-,19+/m1/s1. The maximum absolute atomic E-state index is 11.3. The van der Waals surface area contributed by atoms with Gasteiger partial charge in [0.2, 0.25) is 0 Å².